The van der Waals surface area contributed by atoms with Crippen LogP contribution in [0.5, 0.6) is 5.75 Å². The van der Waals surface area contributed by atoms with Crippen molar-refractivity contribution in [2.24, 2.45) is 11.7 Å². The maximum absolute atomic E-state index is 11.9. The van der Waals surface area contributed by atoms with Crippen molar-refractivity contribution in [2.45, 2.75) is 19.9 Å². The minimum absolute atomic E-state index is 0.0926. The van der Waals surface area contributed by atoms with Gasteiger partial charge in [0.25, 0.3) is 0 Å². The molecule has 0 aliphatic rings. The standard InChI is InChI=1S/C12H16ClNO2/c1-7(2)11(14)12(15)8-4-5-9(13)10(6-8)16-3/h4-7,11H,14H2,1-3H3. The number of ketones is 1. The maximum atomic E-state index is 11.9. The lowest BCUT2D eigenvalue weighted by Gasteiger charge is -2.14. The molecule has 0 saturated heterocycles. The SMILES string of the molecule is COc1cc(C(=O)C(N)C(C)C)ccc1Cl. The Kier molecular flexibility index (Phi) is 4.33. The number of hydrogen-bond acceptors (Lipinski definition) is 3. The van der Waals surface area contributed by atoms with Crippen LogP contribution in [0.15, 0.2) is 18.2 Å². The van der Waals surface area contributed by atoms with Crippen molar-refractivity contribution >= 4 is 17.4 Å². The molecule has 1 aromatic rings. The van der Waals surface area contributed by atoms with Crippen LogP contribution in [0, 0.1) is 5.92 Å². The summed E-state index contributed by atoms with van der Waals surface area (Å²) in [5.41, 5.74) is 6.33. The topological polar surface area (TPSA) is 52.3 Å². The first kappa shape index (κ1) is 13.0. The molecule has 1 rings (SSSR count). The zero-order valence-electron chi connectivity index (χ0n) is 9.66. The Labute approximate surface area is 101 Å². The van der Waals surface area contributed by atoms with Crippen LogP contribution in [0.2, 0.25) is 5.02 Å². The number of benzene rings is 1. The van der Waals surface area contributed by atoms with E-state index in [4.69, 9.17) is 22.1 Å². The van der Waals surface area contributed by atoms with Crippen molar-refractivity contribution in [1.82, 2.24) is 0 Å². The first-order valence-corrected chi connectivity index (χ1v) is 5.48. The lowest BCUT2D eigenvalue weighted by Crippen LogP contribution is -2.35. The Bertz CT molecular complexity index is 391. The summed E-state index contributed by atoms with van der Waals surface area (Å²) in [5, 5.41) is 0.483. The summed E-state index contributed by atoms with van der Waals surface area (Å²) in [7, 11) is 1.51. The van der Waals surface area contributed by atoms with Gasteiger partial charge in [-0.3, -0.25) is 4.79 Å². The number of hydrogen-bond donors (Lipinski definition) is 1. The van der Waals surface area contributed by atoms with Crippen molar-refractivity contribution < 1.29 is 9.53 Å². The summed E-state index contributed by atoms with van der Waals surface area (Å²) in [6.45, 7) is 3.82. The van der Waals surface area contributed by atoms with Crippen LogP contribution < -0.4 is 10.5 Å². The van der Waals surface area contributed by atoms with E-state index in [9.17, 15) is 4.79 Å². The third-order valence-corrected chi connectivity index (χ3v) is 2.77. The van der Waals surface area contributed by atoms with E-state index < -0.39 is 6.04 Å². The molecule has 1 aromatic carbocycles. The number of Topliss-reactive ketones (excluding diaryl/α,β-unsaturated/α-hetero) is 1. The van der Waals surface area contributed by atoms with Crippen molar-refractivity contribution in [3.63, 3.8) is 0 Å². The number of ether oxygens (including phenoxy) is 1. The smallest absolute Gasteiger partial charge is 0.179 e. The second-order valence-corrected chi connectivity index (χ2v) is 4.39. The minimum Gasteiger partial charge on any atom is -0.495 e. The number of nitrogens with two attached hydrogens (primary N) is 1. The van der Waals surface area contributed by atoms with Crippen molar-refractivity contribution in [2.75, 3.05) is 7.11 Å². The van der Waals surface area contributed by atoms with Crippen LogP contribution in [-0.4, -0.2) is 18.9 Å². The van der Waals surface area contributed by atoms with E-state index in [1.165, 1.54) is 7.11 Å². The van der Waals surface area contributed by atoms with E-state index in [0.29, 0.717) is 16.3 Å². The highest BCUT2D eigenvalue weighted by Gasteiger charge is 2.19. The number of carbonyl (C=O) groups is 1. The molecule has 88 valence electrons. The van der Waals surface area contributed by atoms with Gasteiger partial charge >= 0.3 is 0 Å². The molecule has 4 heteroatoms. The van der Waals surface area contributed by atoms with E-state index in [1.807, 2.05) is 13.8 Å². The molecule has 2 N–H and O–H groups in total. The summed E-state index contributed by atoms with van der Waals surface area (Å²) >= 11 is 5.88. The average Bonchev–Trinajstić information content (AvgIpc) is 2.27. The number of rotatable bonds is 4. The number of halogens is 1. The molecule has 0 spiro atoms. The van der Waals surface area contributed by atoms with Crippen LogP contribution in [-0.2, 0) is 0 Å². The van der Waals surface area contributed by atoms with Gasteiger partial charge in [-0.1, -0.05) is 25.4 Å². The molecule has 1 unspecified atom stereocenters. The Morgan fingerprint density at radius 3 is 2.56 bits per heavy atom. The van der Waals surface area contributed by atoms with Gasteiger partial charge in [-0.2, -0.15) is 0 Å². The summed E-state index contributed by atoms with van der Waals surface area (Å²) < 4.78 is 5.05. The zero-order valence-corrected chi connectivity index (χ0v) is 10.4. The molecular formula is C12H16ClNO2. The highest BCUT2D eigenvalue weighted by molar-refractivity contribution is 6.32. The normalized spacial score (nSPS) is 12.6. The molecule has 0 aliphatic carbocycles. The fourth-order valence-corrected chi connectivity index (χ4v) is 1.50. The molecule has 0 radical (unpaired) electrons. The fraction of sp³-hybridized carbons (Fsp3) is 0.417. The van der Waals surface area contributed by atoms with Gasteiger partial charge in [0.1, 0.15) is 5.75 Å². The van der Waals surface area contributed by atoms with Gasteiger partial charge in [0.05, 0.1) is 18.2 Å². The third-order valence-electron chi connectivity index (χ3n) is 2.46. The molecule has 0 fully saturated rings. The van der Waals surface area contributed by atoms with Gasteiger partial charge < -0.3 is 10.5 Å². The van der Waals surface area contributed by atoms with E-state index in [2.05, 4.69) is 0 Å². The van der Waals surface area contributed by atoms with Crippen LogP contribution in [0.4, 0.5) is 0 Å². The lowest BCUT2D eigenvalue weighted by atomic mass is 9.96. The van der Waals surface area contributed by atoms with Crippen molar-refractivity contribution in [3.8, 4) is 5.75 Å². The van der Waals surface area contributed by atoms with Gasteiger partial charge in [-0.05, 0) is 24.1 Å². The summed E-state index contributed by atoms with van der Waals surface area (Å²) in [6, 6.07) is 4.43. The van der Waals surface area contributed by atoms with Crippen molar-refractivity contribution in [1.29, 1.82) is 0 Å². The van der Waals surface area contributed by atoms with Gasteiger partial charge in [0.2, 0.25) is 0 Å². The Morgan fingerprint density at radius 1 is 1.44 bits per heavy atom. The first-order valence-electron chi connectivity index (χ1n) is 5.10. The minimum atomic E-state index is -0.495. The Hall–Kier alpha value is -1.06. The van der Waals surface area contributed by atoms with Crippen LogP contribution >= 0.6 is 11.6 Å². The monoisotopic (exact) mass is 241 g/mol. The molecule has 1 atom stereocenters. The predicted molar refractivity (Wildman–Crippen MR) is 65.1 cm³/mol. The summed E-state index contributed by atoms with van der Waals surface area (Å²) in [5.74, 6) is 0.502. The molecule has 16 heavy (non-hydrogen) atoms. The molecule has 0 bridgehead atoms. The average molecular weight is 242 g/mol. The molecule has 0 saturated carbocycles. The highest BCUT2D eigenvalue weighted by atomic mass is 35.5. The van der Waals surface area contributed by atoms with Gasteiger partial charge in [0.15, 0.2) is 5.78 Å². The maximum Gasteiger partial charge on any atom is 0.179 e. The van der Waals surface area contributed by atoms with Crippen LogP contribution in [0.3, 0.4) is 0 Å². The fourth-order valence-electron chi connectivity index (χ4n) is 1.31. The Morgan fingerprint density at radius 2 is 2.06 bits per heavy atom. The molecule has 0 aliphatic heterocycles. The van der Waals surface area contributed by atoms with E-state index in [0.717, 1.165) is 0 Å². The third kappa shape index (κ3) is 2.74. The second kappa shape index (κ2) is 5.32. The summed E-state index contributed by atoms with van der Waals surface area (Å²) in [6.07, 6.45) is 0. The largest absolute Gasteiger partial charge is 0.495 e. The van der Waals surface area contributed by atoms with Crippen LogP contribution in [0.1, 0.15) is 24.2 Å². The van der Waals surface area contributed by atoms with Gasteiger partial charge in [-0.15, -0.1) is 0 Å². The number of carbonyl (C=O) groups excluding carboxylic acids is 1. The highest BCUT2D eigenvalue weighted by Crippen LogP contribution is 2.25. The molecule has 0 aromatic heterocycles. The zero-order chi connectivity index (χ0) is 12.3. The Balaban J connectivity index is 3.01. The van der Waals surface area contributed by atoms with Gasteiger partial charge in [0, 0.05) is 5.56 Å². The molecule has 3 nitrogen and oxygen atoms in total. The van der Waals surface area contributed by atoms with Crippen LogP contribution in [0.25, 0.3) is 0 Å². The molecular weight excluding hydrogens is 226 g/mol. The summed E-state index contributed by atoms with van der Waals surface area (Å²) in [4.78, 5) is 11.9. The van der Waals surface area contributed by atoms with E-state index in [1.54, 1.807) is 18.2 Å². The quantitative estimate of drug-likeness (QED) is 0.825. The first-order chi connectivity index (χ1) is 7.47. The van der Waals surface area contributed by atoms with Gasteiger partial charge in [-0.25, -0.2) is 0 Å². The lowest BCUT2D eigenvalue weighted by molar-refractivity contribution is 0.0940. The van der Waals surface area contributed by atoms with E-state index in [-0.39, 0.29) is 11.7 Å². The predicted octanol–water partition coefficient (Wildman–Crippen LogP) is 2.51. The van der Waals surface area contributed by atoms with Crippen molar-refractivity contribution in [3.05, 3.63) is 28.8 Å². The van der Waals surface area contributed by atoms with E-state index >= 15 is 0 Å². The number of methoxy groups -OCH3 is 1. The second-order valence-electron chi connectivity index (χ2n) is 3.98. The molecule has 0 heterocycles. The molecule has 0 amide bonds.